The first-order valence-corrected chi connectivity index (χ1v) is 6.95. The van der Waals surface area contributed by atoms with Gasteiger partial charge < -0.3 is 10.1 Å². The predicted molar refractivity (Wildman–Crippen MR) is 77.6 cm³/mol. The van der Waals surface area contributed by atoms with Gasteiger partial charge in [-0.3, -0.25) is 4.79 Å². The Bertz CT molecular complexity index is 684. The number of hydrogen-bond acceptors (Lipinski definition) is 8. The van der Waals surface area contributed by atoms with Crippen LogP contribution in [0.2, 0.25) is 0 Å². The van der Waals surface area contributed by atoms with Gasteiger partial charge in [0.25, 0.3) is 0 Å². The maximum atomic E-state index is 11.6. The SMILES string of the molecule is COC(=O)c1nc(NCc2ccnc(C)n2)sc1C(C)=O. The van der Waals surface area contributed by atoms with Gasteiger partial charge in [-0.2, -0.15) is 0 Å². The van der Waals surface area contributed by atoms with Gasteiger partial charge in [-0.05, 0) is 13.0 Å². The van der Waals surface area contributed by atoms with Crippen LogP contribution in [0.5, 0.6) is 0 Å². The van der Waals surface area contributed by atoms with Crippen LogP contribution in [0.15, 0.2) is 12.3 Å². The molecule has 0 aliphatic heterocycles. The summed E-state index contributed by atoms with van der Waals surface area (Å²) in [5, 5.41) is 3.51. The summed E-state index contributed by atoms with van der Waals surface area (Å²) in [5.74, 6) is -0.172. The molecule has 8 heteroatoms. The van der Waals surface area contributed by atoms with Crippen LogP contribution in [0.3, 0.4) is 0 Å². The molecule has 0 spiro atoms. The van der Waals surface area contributed by atoms with Crippen molar-refractivity contribution in [3.63, 3.8) is 0 Å². The predicted octanol–water partition coefficient (Wildman–Crippen LogP) is 1.84. The van der Waals surface area contributed by atoms with Crippen LogP contribution in [0.25, 0.3) is 0 Å². The van der Waals surface area contributed by atoms with E-state index >= 15 is 0 Å². The molecule has 0 atom stereocenters. The van der Waals surface area contributed by atoms with Crippen LogP contribution in [0.4, 0.5) is 5.13 Å². The molecule has 2 rings (SSSR count). The van der Waals surface area contributed by atoms with Crippen molar-refractivity contribution >= 4 is 28.2 Å². The van der Waals surface area contributed by atoms with E-state index in [-0.39, 0.29) is 16.4 Å². The quantitative estimate of drug-likeness (QED) is 0.665. The lowest BCUT2D eigenvalue weighted by molar-refractivity contribution is 0.0591. The minimum Gasteiger partial charge on any atom is -0.464 e. The van der Waals surface area contributed by atoms with Crippen LogP contribution in [0.1, 0.15) is 38.6 Å². The number of esters is 1. The van der Waals surface area contributed by atoms with Crippen LogP contribution in [-0.2, 0) is 11.3 Å². The second-order valence-electron chi connectivity index (χ2n) is 4.19. The lowest BCUT2D eigenvalue weighted by Crippen LogP contribution is -2.07. The highest BCUT2D eigenvalue weighted by Gasteiger charge is 2.21. The van der Waals surface area contributed by atoms with E-state index in [4.69, 9.17) is 0 Å². The molecule has 0 saturated carbocycles. The Morgan fingerprint density at radius 3 is 2.76 bits per heavy atom. The number of aryl methyl sites for hydroxylation is 1. The number of nitrogens with one attached hydrogen (secondary N) is 1. The number of anilines is 1. The number of aromatic nitrogens is 3. The Balaban J connectivity index is 2.17. The Labute approximate surface area is 125 Å². The van der Waals surface area contributed by atoms with Crippen molar-refractivity contribution in [2.75, 3.05) is 12.4 Å². The highest BCUT2D eigenvalue weighted by Crippen LogP contribution is 2.24. The van der Waals surface area contributed by atoms with E-state index in [2.05, 4.69) is 25.0 Å². The fourth-order valence-electron chi connectivity index (χ4n) is 1.64. The molecule has 7 nitrogen and oxygen atoms in total. The Hall–Kier alpha value is -2.35. The second-order valence-corrected chi connectivity index (χ2v) is 5.19. The summed E-state index contributed by atoms with van der Waals surface area (Å²) in [6.07, 6.45) is 1.67. The molecule has 0 saturated heterocycles. The van der Waals surface area contributed by atoms with E-state index in [1.807, 2.05) is 0 Å². The molecular weight excluding hydrogens is 292 g/mol. The number of nitrogens with zero attached hydrogens (tertiary/aromatic N) is 3. The molecule has 0 fully saturated rings. The highest BCUT2D eigenvalue weighted by atomic mass is 32.1. The van der Waals surface area contributed by atoms with Gasteiger partial charge in [0.15, 0.2) is 16.6 Å². The van der Waals surface area contributed by atoms with E-state index in [1.54, 1.807) is 19.2 Å². The molecule has 2 heterocycles. The molecule has 0 unspecified atom stereocenters. The summed E-state index contributed by atoms with van der Waals surface area (Å²) >= 11 is 1.12. The minimum atomic E-state index is -0.623. The lowest BCUT2D eigenvalue weighted by atomic mass is 10.3. The fourth-order valence-corrected chi connectivity index (χ4v) is 2.48. The molecule has 110 valence electrons. The lowest BCUT2D eigenvalue weighted by Gasteiger charge is -2.02. The van der Waals surface area contributed by atoms with Gasteiger partial charge in [0.05, 0.1) is 19.3 Å². The average molecular weight is 306 g/mol. The number of carbonyl (C=O) groups is 2. The summed E-state index contributed by atoms with van der Waals surface area (Å²) in [5.41, 5.74) is 0.832. The second kappa shape index (κ2) is 6.40. The average Bonchev–Trinajstić information content (AvgIpc) is 2.89. The number of carbonyl (C=O) groups excluding carboxylic acids is 2. The van der Waals surface area contributed by atoms with Gasteiger partial charge in [0.1, 0.15) is 10.7 Å². The maximum absolute atomic E-state index is 11.6. The molecule has 0 aromatic carbocycles. The van der Waals surface area contributed by atoms with E-state index in [0.717, 1.165) is 17.0 Å². The van der Waals surface area contributed by atoms with E-state index < -0.39 is 5.97 Å². The normalized spacial score (nSPS) is 10.2. The molecular formula is C13H14N4O3S. The molecule has 2 aromatic heterocycles. The Morgan fingerprint density at radius 1 is 1.38 bits per heavy atom. The first-order chi connectivity index (χ1) is 10.0. The first kappa shape index (κ1) is 15.0. The Morgan fingerprint density at radius 2 is 2.14 bits per heavy atom. The van der Waals surface area contributed by atoms with Crippen LogP contribution >= 0.6 is 11.3 Å². The zero-order chi connectivity index (χ0) is 15.4. The van der Waals surface area contributed by atoms with Crippen molar-refractivity contribution < 1.29 is 14.3 Å². The molecule has 1 N–H and O–H groups in total. The van der Waals surface area contributed by atoms with Crippen molar-refractivity contribution in [3.8, 4) is 0 Å². The monoisotopic (exact) mass is 306 g/mol. The largest absolute Gasteiger partial charge is 0.464 e. The summed E-state index contributed by atoms with van der Waals surface area (Å²) in [6.45, 7) is 3.61. The van der Waals surface area contributed by atoms with Crippen LogP contribution in [0, 0.1) is 6.92 Å². The third-order valence-corrected chi connectivity index (χ3v) is 3.69. The zero-order valence-corrected chi connectivity index (χ0v) is 12.7. The number of hydrogen-bond donors (Lipinski definition) is 1. The van der Waals surface area contributed by atoms with Gasteiger partial charge in [0.2, 0.25) is 0 Å². The number of Topliss-reactive ketones (excluding diaryl/α,β-unsaturated/α-hetero) is 1. The highest BCUT2D eigenvalue weighted by molar-refractivity contribution is 7.17. The summed E-state index contributed by atoms with van der Waals surface area (Å²) in [4.78, 5) is 35.8. The molecule has 21 heavy (non-hydrogen) atoms. The van der Waals surface area contributed by atoms with Gasteiger partial charge in [-0.15, -0.1) is 0 Å². The smallest absolute Gasteiger partial charge is 0.358 e. The van der Waals surface area contributed by atoms with Crippen molar-refractivity contribution in [1.82, 2.24) is 15.0 Å². The van der Waals surface area contributed by atoms with Crippen molar-refractivity contribution in [2.24, 2.45) is 0 Å². The summed E-state index contributed by atoms with van der Waals surface area (Å²) in [6, 6.07) is 1.78. The standard InChI is InChI=1S/C13H14N4O3S/c1-7(18)11-10(12(19)20-3)17-13(21-11)15-6-9-4-5-14-8(2)16-9/h4-5H,6H2,1-3H3,(H,15,17). The van der Waals surface area contributed by atoms with Gasteiger partial charge in [-0.25, -0.2) is 19.7 Å². The number of rotatable bonds is 5. The third kappa shape index (κ3) is 3.60. The van der Waals surface area contributed by atoms with Gasteiger partial charge >= 0.3 is 5.97 Å². The number of thiazole rings is 1. The van der Waals surface area contributed by atoms with Crippen molar-refractivity contribution in [1.29, 1.82) is 0 Å². The van der Waals surface area contributed by atoms with E-state index in [1.165, 1.54) is 14.0 Å². The number of methoxy groups -OCH3 is 1. The molecule has 0 aliphatic rings. The van der Waals surface area contributed by atoms with Crippen molar-refractivity contribution in [3.05, 3.63) is 34.4 Å². The molecule has 0 radical (unpaired) electrons. The maximum Gasteiger partial charge on any atom is 0.358 e. The van der Waals surface area contributed by atoms with Crippen molar-refractivity contribution in [2.45, 2.75) is 20.4 Å². The molecule has 0 aliphatic carbocycles. The van der Waals surface area contributed by atoms with E-state index in [9.17, 15) is 9.59 Å². The minimum absolute atomic E-state index is 0.0383. The fraction of sp³-hybridized carbons (Fsp3) is 0.308. The molecule has 2 aromatic rings. The molecule has 0 bridgehead atoms. The van der Waals surface area contributed by atoms with Crippen LogP contribution in [-0.4, -0.2) is 33.8 Å². The summed E-state index contributed by atoms with van der Waals surface area (Å²) < 4.78 is 4.62. The Kier molecular flexibility index (Phi) is 4.59. The first-order valence-electron chi connectivity index (χ1n) is 6.13. The third-order valence-electron chi connectivity index (χ3n) is 2.58. The summed E-state index contributed by atoms with van der Waals surface area (Å²) in [7, 11) is 1.25. The van der Waals surface area contributed by atoms with Gasteiger partial charge in [-0.1, -0.05) is 11.3 Å². The topological polar surface area (TPSA) is 94.1 Å². The zero-order valence-electron chi connectivity index (χ0n) is 11.8. The number of ether oxygens (including phenoxy) is 1. The molecule has 0 amide bonds. The van der Waals surface area contributed by atoms with E-state index in [0.29, 0.717) is 17.5 Å². The number of ketones is 1. The van der Waals surface area contributed by atoms with Gasteiger partial charge in [0, 0.05) is 13.1 Å². The van der Waals surface area contributed by atoms with Crippen LogP contribution < -0.4 is 5.32 Å².